The number of rotatable bonds is 3. The maximum Gasteiger partial charge on any atom is 0.328 e. The van der Waals surface area contributed by atoms with Crippen LogP contribution in [0.4, 0.5) is 5.95 Å². The third-order valence-electron chi connectivity index (χ3n) is 3.07. The van der Waals surface area contributed by atoms with Crippen LogP contribution in [0.25, 0.3) is 17.4 Å². The first kappa shape index (κ1) is 14.7. The lowest BCUT2D eigenvalue weighted by atomic mass is 10.3. The van der Waals surface area contributed by atoms with Crippen LogP contribution in [0.15, 0.2) is 41.0 Å². The molecule has 24 heavy (non-hydrogen) atoms. The van der Waals surface area contributed by atoms with Crippen LogP contribution in [0.1, 0.15) is 0 Å². The van der Waals surface area contributed by atoms with Gasteiger partial charge in [0.15, 0.2) is 11.5 Å². The van der Waals surface area contributed by atoms with E-state index in [2.05, 4.69) is 20.1 Å². The van der Waals surface area contributed by atoms with Crippen LogP contribution in [0.5, 0.6) is 11.8 Å². The summed E-state index contributed by atoms with van der Waals surface area (Å²) in [4.78, 5) is 12.4. The minimum atomic E-state index is -0.0478. The van der Waals surface area contributed by atoms with Crippen LogP contribution in [0, 0.1) is 0 Å². The van der Waals surface area contributed by atoms with Crippen LogP contribution in [-0.2, 0) is 0 Å². The molecule has 0 bridgehead atoms. The van der Waals surface area contributed by atoms with E-state index in [0.29, 0.717) is 21.6 Å². The molecule has 0 saturated carbocycles. The lowest BCUT2D eigenvalue weighted by Crippen LogP contribution is -2.05. The molecule has 0 spiro atoms. The van der Waals surface area contributed by atoms with Gasteiger partial charge in [-0.1, -0.05) is 29.3 Å². The summed E-state index contributed by atoms with van der Waals surface area (Å²) < 4.78 is 12.1. The average Bonchev–Trinajstić information content (AvgIpc) is 3.20. The van der Waals surface area contributed by atoms with Gasteiger partial charge in [0.25, 0.3) is 5.78 Å². The zero-order valence-corrected chi connectivity index (χ0v) is 13.4. The number of nitrogens with two attached hydrogens (primary N) is 1. The number of ether oxygens (including phenoxy) is 1. The van der Waals surface area contributed by atoms with Crippen molar-refractivity contribution >= 4 is 34.9 Å². The fourth-order valence-electron chi connectivity index (χ4n) is 2.01. The zero-order valence-electron chi connectivity index (χ0n) is 11.8. The molecule has 0 aliphatic rings. The third-order valence-corrected chi connectivity index (χ3v) is 3.66. The molecule has 0 aliphatic carbocycles. The molecule has 0 radical (unpaired) electrons. The second kappa shape index (κ2) is 5.66. The smallest absolute Gasteiger partial charge is 0.328 e. The molecular weight excluding hydrogens is 355 g/mol. The summed E-state index contributed by atoms with van der Waals surface area (Å²) in [5.41, 5.74) is 5.89. The molecule has 0 fully saturated rings. The molecule has 3 aromatic heterocycles. The summed E-state index contributed by atoms with van der Waals surface area (Å²) in [6, 6.07) is 8.37. The predicted octanol–water partition coefficient (Wildman–Crippen LogP) is 3.46. The summed E-state index contributed by atoms with van der Waals surface area (Å²) in [7, 11) is 0. The summed E-state index contributed by atoms with van der Waals surface area (Å²) in [5.74, 6) is 1.29. The number of aromatic nitrogens is 5. The van der Waals surface area contributed by atoms with E-state index in [-0.39, 0.29) is 23.5 Å². The van der Waals surface area contributed by atoms with Crippen molar-refractivity contribution in [3.63, 3.8) is 0 Å². The van der Waals surface area contributed by atoms with Crippen LogP contribution >= 0.6 is 23.2 Å². The van der Waals surface area contributed by atoms with Gasteiger partial charge >= 0.3 is 6.01 Å². The van der Waals surface area contributed by atoms with Gasteiger partial charge in [-0.05, 0) is 24.3 Å². The van der Waals surface area contributed by atoms with Crippen LogP contribution in [0.2, 0.25) is 10.0 Å². The number of anilines is 1. The van der Waals surface area contributed by atoms with E-state index < -0.39 is 0 Å². The Labute approximate surface area is 144 Å². The number of halogens is 2. The van der Waals surface area contributed by atoms with Crippen LogP contribution < -0.4 is 10.5 Å². The first-order valence-corrected chi connectivity index (χ1v) is 7.43. The average molecular weight is 363 g/mol. The van der Waals surface area contributed by atoms with Crippen molar-refractivity contribution in [2.75, 3.05) is 5.73 Å². The Hall–Kier alpha value is -2.84. The number of nitrogen functional groups attached to an aromatic ring is 1. The van der Waals surface area contributed by atoms with Gasteiger partial charge < -0.3 is 14.9 Å². The Morgan fingerprint density at radius 2 is 1.83 bits per heavy atom. The van der Waals surface area contributed by atoms with E-state index in [1.807, 2.05) is 0 Å². The largest absolute Gasteiger partial charge is 0.461 e. The number of hydrogen-bond acceptors (Lipinski definition) is 7. The molecule has 10 heteroatoms. The highest BCUT2D eigenvalue weighted by atomic mass is 35.5. The number of hydrogen-bond donors (Lipinski definition) is 1. The molecule has 0 atom stereocenters. The molecule has 4 aromatic rings. The molecule has 0 aliphatic heterocycles. The Morgan fingerprint density at radius 1 is 1.04 bits per heavy atom. The number of benzene rings is 1. The number of fused-ring (bicyclic) bond motifs is 1. The maximum absolute atomic E-state index is 6.07. The Morgan fingerprint density at radius 3 is 2.54 bits per heavy atom. The first-order valence-electron chi connectivity index (χ1n) is 6.68. The molecule has 0 unspecified atom stereocenters. The predicted molar refractivity (Wildman–Crippen MR) is 87.2 cm³/mol. The van der Waals surface area contributed by atoms with Gasteiger partial charge in [0.2, 0.25) is 11.8 Å². The lowest BCUT2D eigenvalue weighted by Gasteiger charge is -2.07. The fourth-order valence-corrected chi connectivity index (χ4v) is 2.49. The van der Waals surface area contributed by atoms with Crippen LogP contribution in [0.3, 0.4) is 0 Å². The minimum absolute atomic E-state index is 0.0449. The topological polar surface area (TPSA) is 104 Å². The lowest BCUT2D eigenvalue weighted by molar-refractivity contribution is 0.442. The molecule has 120 valence electrons. The molecule has 1 aromatic carbocycles. The summed E-state index contributed by atoms with van der Waals surface area (Å²) in [6.45, 7) is 0. The molecule has 2 N–H and O–H groups in total. The molecule has 8 nitrogen and oxygen atoms in total. The molecule has 4 rings (SSSR count). The third kappa shape index (κ3) is 2.51. The number of para-hydroxylation sites is 1. The highest BCUT2D eigenvalue weighted by Gasteiger charge is 2.16. The zero-order chi connectivity index (χ0) is 16.7. The van der Waals surface area contributed by atoms with E-state index >= 15 is 0 Å². The van der Waals surface area contributed by atoms with E-state index in [9.17, 15) is 0 Å². The number of nitrogens with zero attached hydrogens (tertiary/aromatic N) is 5. The first-order chi connectivity index (χ1) is 11.6. The van der Waals surface area contributed by atoms with Crippen molar-refractivity contribution in [2.45, 2.75) is 0 Å². The Balaban J connectivity index is 1.77. The maximum atomic E-state index is 6.07. The summed E-state index contributed by atoms with van der Waals surface area (Å²) in [6.07, 6.45) is 1.52. The van der Waals surface area contributed by atoms with E-state index in [1.54, 1.807) is 30.3 Å². The Kier molecular flexibility index (Phi) is 3.47. The minimum Gasteiger partial charge on any atom is -0.461 e. The monoisotopic (exact) mass is 362 g/mol. The van der Waals surface area contributed by atoms with E-state index in [0.717, 1.165) is 0 Å². The van der Waals surface area contributed by atoms with Crippen molar-refractivity contribution in [2.24, 2.45) is 0 Å². The van der Waals surface area contributed by atoms with Gasteiger partial charge in [0, 0.05) is 0 Å². The highest BCUT2D eigenvalue weighted by Crippen LogP contribution is 2.35. The van der Waals surface area contributed by atoms with Gasteiger partial charge in [-0.3, -0.25) is 0 Å². The summed E-state index contributed by atoms with van der Waals surface area (Å²) in [5, 5.41) is 4.84. The van der Waals surface area contributed by atoms with E-state index in [4.69, 9.17) is 38.1 Å². The quantitative estimate of drug-likeness (QED) is 0.594. The van der Waals surface area contributed by atoms with Gasteiger partial charge in [-0.2, -0.15) is 19.5 Å². The Bertz CT molecular complexity index is 1010. The van der Waals surface area contributed by atoms with Crippen molar-refractivity contribution < 1.29 is 9.15 Å². The van der Waals surface area contributed by atoms with Crippen molar-refractivity contribution in [1.82, 2.24) is 24.6 Å². The van der Waals surface area contributed by atoms with Crippen molar-refractivity contribution in [3.8, 4) is 23.3 Å². The number of furan rings is 1. The second-order valence-corrected chi connectivity index (χ2v) is 5.46. The van der Waals surface area contributed by atoms with Crippen molar-refractivity contribution in [1.29, 1.82) is 0 Å². The summed E-state index contributed by atoms with van der Waals surface area (Å²) >= 11 is 12.1. The van der Waals surface area contributed by atoms with Crippen molar-refractivity contribution in [3.05, 3.63) is 46.6 Å². The van der Waals surface area contributed by atoms with Crippen LogP contribution in [-0.4, -0.2) is 24.6 Å². The fraction of sp³-hybridized carbons (Fsp3) is 0. The van der Waals surface area contributed by atoms with Gasteiger partial charge in [0.05, 0.1) is 16.3 Å². The standard InChI is InChI=1S/C14H8Cl2N6O2/c15-7-3-1-4-8(16)10(7)24-14-19-12(17)22-13(20-14)18-11(21-22)9-5-2-6-23-9/h1-6H,(H2,17,18,19,20,21). The van der Waals surface area contributed by atoms with Gasteiger partial charge in [0.1, 0.15) is 0 Å². The normalized spacial score (nSPS) is 11.1. The molecule has 0 amide bonds. The molecule has 3 heterocycles. The van der Waals surface area contributed by atoms with Gasteiger partial charge in [-0.15, -0.1) is 5.10 Å². The van der Waals surface area contributed by atoms with Gasteiger partial charge in [-0.25, -0.2) is 0 Å². The molecular formula is C14H8Cl2N6O2. The SMILES string of the molecule is Nc1nc(Oc2c(Cl)cccc2Cl)nc2nc(-c3ccco3)nn12. The second-order valence-electron chi connectivity index (χ2n) is 4.64. The highest BCUT2D eigenvalue weighted by molar-refractivity contribution is 6.37. The molecule has 0 saturated heterocycles. The van der Waals surface area contributed by atoms with E-state index in [1.165, 1.54) is 10.8 Å².